The molecule has 2 N–H and O–H groups in total. The number of ether oxygens (including phenoxy) is 1. The maximum Gasteiger partial charge on any atom is 0.133 e. The first-order valence-electron chi connectivity index (χ1n) is 8.69. The SMILES string of the molecule is COC(c1ccccc1)(c1ccccc1)C(N)CCC1CCC1.Cl. The van der Waals surface area contributed by atoms with Gasteiger partial charge in [0, 0.05) is 13.2 Å². The van der Waals surface area contributed by atoms with Crippen molar-refractivity contribution in [3.63, 3.8) is 0 Å². The number of hydrogen-bond donors (Lipinski definition) is 1. The number of hydrogen-bond acceptors (Lipinski definition) is 2. The molecule has 0 aromatic heterocycles. The molecule has 2 aromatic carbocycles. The number of halogens is 1. The van der Waals surface area contributed by atoms with Gasteiger partial charge >= 0.3 is 0 Å². The van der Waals surface area contributed by atoms with Crippen LogP contribution in [0.15, 0.2) is 60.7 Å². The highest BCUT2D eigenvalue weighted by Gasteiger charge is 2.40. The summed E-state index contributed by atoms with van der Waals surface area (Å²) in [5, 5.41) is 0. The Hall–Kier alpha value is -1.35. The number of methoxy groups -OCH3 is 1. The normalized spacial score (nSPS) is 16.1. The second-order valence-corrected chi connectivity index (χ2v) is 6.65. The van der Waals surface area contributed by atoms with Gasteiger partial charge in [-0.15, -0.1) is 12.4 Å². The minimum atomic E-state index is -0.577. The summed E-state index contributed by atoms with van der Waals surface area (Å²) in [7, 11) is 1.78. The lowest BCUT2D eigenvalue weighted by atomic mass is 9.75. The lowest BCUT2D eigenvalue weighted by Crippen LogP contribution is -2.48. The lowest BCUT2D eigenvalue weighted by Gasteiger charge is -2.40. The van der Waals surface area contributed by atoms with Crippen LogP contribution in [0.5, 0.6) is 0 Å². The van der Waals surface area contributed by atoms with Gasteiger partial charge in [0.2, 0.25) is 0 Å². The van der Waals surface area contributed by atoms with Crippen LogP contribution in [0.1, 0.15) is 43.2 Å². The molecule has 1 aliphatic rings. The van der Waals surface area contributed by atoms with Gasteiger partial charge in [-0.05, 0) is 29.9 Å². The Morgan fingerprint density at radius 2 is 1.50 bits per heavy atom. The molecule has 3 heteroatoms. The highest BCUT2D eigenvalue weighted by Crippen LogP contribution is 2.39. The Labute approximate surface area is 151 Å². The van der Waals surface area contributed by atoms with Crippen LogP contribution < -0.4 is 5.73 Å². The molecule has 0 bridgehead atoms. The highest BCUT2D eigenvalue weighted by molar-refractivity contribution is 5.85. The monoisotopic (exact) mass is 345 g/mol. The maximum absolute atomic E-state index is 6.73. The van der Waals surface area contributed by atoms with Crippen LogP contribution in [-0.2, 0) is 10.3 Å². The summed E-state index contributed by atoms with van der Waals surface area (Å²) >= 11 is 0. The highest BCUT2D eigenvalue weighted by atomic mass is 35.5. The van der Waals surface area contributed by atoms with Crippen LogP contribution in [-0.4, -0.2) is 13.2 Å². The number of nitrogens with two attached hydrogens (primary N) is 1. The standard InChI is InChI=1S/C21H27NO.ClH/c1-23-21(18-11-4-2-5-12-18,19-13-6-3-7-14-19)20(22)16-15-17-9-8-10-17;/h2-7,11-14,17,20H,8-10,15-16,22H2,1H3;1H. The van der Waals surface area contributed by atoms with Gasteiger partial charge < -0.3 is 10.5 Å². The minimum absolute atomic E-state index is 0. The van der Waals surface area contributed by atoms with Gasteiger partial charge in [-0.3, -0.25) is 0 Å². The van der Waals surface area contributed by atoms with E-state index in [1.165, 1.54) is 25.7 Å². The molecule has 1 unspecified atom stereocenters. The molecular weight excluding hydrogens is 318 g/mol. The van der Waals surface area contributed by atoms with Crippen molar-refractivity contribution in [3.8, 4) is 0 Å². The second kappa shape index (κ2) is 8.66. The molecule has 0 spiro atoms. The average molecular weight is 346 g/mol. The summed E-state index contributed by atoms with van der Waals surface area (Å²) in [5.41, 5.74) is 8.42. The van der Waals surface area contributed by atoms with E-state index in [2.05, 4.69) is 48.5 Å². The zero-order valence-corrected chi connectivity index (χ0v) is 15.2. The molecule has 0 amide bonds. The fraction of sp³-hybridized carbons (Fsp3) is 0.429. The van der Waals surface area contributed by atoms with E-state index in [1.54, 1.807) is 7.11 Å². The lowest BCUT2D eigenvalue weighted by molar-refractivity contribution is -0.00517. The fourth-order valence-corrected chi connectivity index (χ4v) is 3.75. The van der Waals surface area contributed by atoms with E-state index >= 15 is 0 Å². The summed E-state index contributed by atoms with van der Waals surface area (Å²) in [6.45, 7) is 0. The van der Waals surface area contributed by atoms with Gasteiger partial charge in [-0.25, -0.2) is 0 Å². The predicted octanol–water partition coefficient (Wildman–Crippen LogP) is 4.91. The van der Waals surface area contributed by atoms with Gasteiger partial charge in [0.15, 0.2) is 0 Å². The molecule has 0 saturated heterocycles. The Bertz CT molecular complexity index is 558. The molecule has 0 radical (unpaired) electrons. The van der Waals surface area contributed by atoms with Gasteiger partial charge in [0.05, 0.1) is 0 Å². The van der Waals surface area contributed by atoms with Crippen LogP contribution in [0.3, 0.4) is 0 Å². The molecule has 3 rings (SSSR count). The molecule has 1 fully saturated rings. The van der Waals surface area contributed by atoms with Gasteiger partial charge in [-0.2, -0.15) is 0 Å². The van der Waals surface area contributed by atoms with Crippen molar-refractivity contribution in [2.45, 2.75) is 43.7 Å². The molecule has 1 saturated carbocycles. The van der Waals surface area contributed by atoms with E-state index in [0.717, 1.165) is 23.5 Å². The summed E-state index contributed by atoms with van der Waals surface area (Å²) < 4.78 is 6.13. The predicted molar refractivity (Wildman–Crippen MR) is 102 cm³/mol. The Balaban J connectivity index is 0.00000208. The van der Waals surface area contributed by atoms with Crippen molar-refractivity contribution < 1.29 is 4.74 Å². The van der Waals surface area contributed by atoms with Crippen molar-refractivity contribution in [1.82, 2.24) is 0 Å². The molecule has 2 nitrogen and oxygen atoms in total. The van der Waals surface area contributed by atoms with E-state index in [1.807, 2.05) is 12.1 Å². The first kappa shape index (κ1) is 19.0. The smallest absolute Gasteiger partial charge is 0.133 e. The van der Waals surface area contributed by atoms with Crippen LogP contribution in [0.4, 0.5) is 0 Å². The molecular formula is C21H28ClNO. The van der Waals surface area contributed by atoms with E-state index < -0.39 is 5.60 Å². The van der Waals surface area contributed by atoms with Crippen molar-refractivity contribution in [2.24, 2.45) is 11.7 Å². The zero-order valence-electron chi connectivity index (χ0n) is 14.4. The Kier molecular flexibility index (Phi) is 6.85. The molecule has 1 aliphatic carbocycles. The number of rotatable bonds is 7. The van der Waals surface area contributed by atoms with E-state index in [4.69, 9.17) is 10.5 Å². The van der Waals surface area contributed by atoms with Crippen LogP contribution in [0.2, 0.25) is 0 Å². The maximum atomic E-state index is 6.73. The largest absolute Gasteiger partial charge is 0.367 e. The fourth-order valence-electron chi connectivity index (χ4n) is 3.75. The first-order chi connectivity index (χ1) is 11.3. The minimum Gasteiger partial charge on any atom is -0.367 e. The Morgan fingerprint density at radius 1 is 1.00 bits per heavy atom. The second-order valence-electron chi connectivity index (χ2n) is 6.65. The summed E-state index contributed by atoms with van der Waals surface area (Å²) in [5.74, 6) is 0.863. The summed E-state index contributed by atoms with van der Waals surface area (Å²) in [6.07, 6.45) is 6.30. The van der Waals surface area contributed by atoms with Gasteiger partial charge in [-0.1, -0.05) is 79.9 Å². The summed E-state index contributed by atoms with van der Waals surface area (Å²) in [4.78, 5) is 0. The van der Waals surface area contributed by atoms with Gasteiger partial charge in [0.25, 0.3) is 0 Å². The van der Waals surface area contributed by atoms with Crippen molar-refractivity contribution in [3.05, 3.63) is 71.8 Å². The summed E-state index contributed by atoms with van der Waals surface area (Å²) in [6, 6.07) is 20.8. The Morgan fingerprint density at radius 3 is 1.88 bits per heavy atom. The molecule has 24 heavy (non-hydrogen) atoms. The van der Waals surface area contributed by atoms with Crippen molar-refractivity contribution >= 4 is 12.4 Å². The topological polar surface area (TPSA) is 35.2 Å². The van der Waals surface area contributed by atoms with Crippen molar-refractivity contribution in [1.29, 1.82) is 0 Å². The van der Waals surface area contributed by atoms with Gasteiger partial charge in [0.1, 0.15) is 5.60 Å². The van der Waals surface area contributed by atoms with Crippen molar-refractivity contribution in [2.75, 3.05) is 7.11 Å². The van der Waals surface area contributed by atoms with E-state index in [9.17, 15) is 0 Å². The third-order valence-electron chi connectivity index (χ3n) is 5.36. The van der Waals surface area contributed by atoms with E-state index in [-0.39, 0.29) is 18.4 Å². The van der Waals surface area contributed by atoms with E-state index in [0.29, 0.717) is 0 Å². The van der Waals surface area contributed by atoms with Crippen LogP contribution in [0.25, 0.3) is 0 Å². The molecule has 130 valence electrons. The third kappa shape index (κ3) is 3.66. The third-order valence-corrected chi connectivity index (χ3v) is 5.36. The molecule has 2 aromatic rings. The van der Waals surface area contributed by atoms with Crippen LogP contribution >= 0.6 is 12.4 Å². The first-order valence-corrected chi connectivity index (χ1v) is 8.69. The molecule has 1 atom stereocenters. The quantitative estimate of drug-likeness (QED) is 0.774. The molecule has 0 heterocycles. The zero-order chi connectivity index (χ0) is 16.1. The average Bonchev–Trinajstić information content (AvgIpc) is 2.57. The van der Waals surface area contributed by atoms with Crippen LogP contribution in [0, 0.1) is 5.92 Å². The molecule has 0 aliphatic heterocycles. The number of benzene rings is 2.